The molecule has 0 bridgehead atoms. The maximum absolute atomic E-state index is 12.2. The van der Waals surface area contributed by atoms with Gasteiger partial charge in [0.05, 0.1) is 0 Å². The average Bonchev–Trinajstić information content (AvgIpc) is 3.14. The first-order valence-electron chi connectivity index (χ1n) is 6.84. The smallest absolute Gasteiger partial charge is 0.225 e. The van der Waals surface area contributed by atoms with Crippen molar-refractivity contribution in [2.24, 2.45) is 5.92 Å². The van der Waals surface area contributed by atoms with Crippen molar-refractivity contribution in [2.75, 3.05) is 19.6 Å². The quantitative estimate of drug-likeness (QED) is 0.772. The van der Waals surface area contributed by atoms with E-state index in [4.69, 9.17) is 0 Å². The number of nitrogens with zero attached hydrogens (tertiary/aromatic N) is 1. The Kier molecular flexibility index (Phi) is 4.22. The van der Waals surface area contributed by atoms with Gasteiger partial charge in [-0.25, -0.2) is 0 Å². The molecule has 1 aliphatic carbocycles. The van der Waals surface area contributed by atoms with E-state index in [2.05, 4.69) is 17.1 Å². The summed E-state index contributed by atoms with van der Waals surface area (Å²) in [6.07, 6.45) is 6.88. The molecular weight excluding hydrogens is 200 g/mol. The third-order valence-electron chi connectivity index (χ3n) is 3.71. The zero-order valence-electron chi connectivity index (χ0n) is 10.4. The summed E-state index contributed by atoms with van der Waals surface area (Å²) in [5, 5.41) is 3.37. The Morgan fingerprint density at radius 2 is 1.94 bits per heavy atom. The lowest BCUT2D eigenvalue weighted by Crippen LogP contribution is -2.47. The zero-order chi connectivity index (χ0) is 11.4. The van der Waals surface area contributed by atoms with Crippen LogP contribution in [0, 0.1) is 5.92 Å². The lowest BCUT2D eigenvalue weighted by molar-refractivity contribution is -0.135. The van der Waals surface area contributed by atoms with Crippen LogP contribution in [-0.2, 0) is 4.79 Å². The fourth-order valence-electron chi connectivity index (χ4n) is 2.48. The fourth-order valence-corrected chi connectivity index (χ4v) is 2.48. The van der Waals surface area contributed by atoms with E-state index in [1.807, 2.05) is 0 Å². The molecule has 2 aliphatic rings. The molecule has 1 aliphatic heterocycles. The Balaban J connectivity index is 1.91. The van der Waals surface area contributed by atoms with Crippen molar-refractivity contribution in [3.05, 3.63) is 0 Å². The second-order valence-electron chi connectivity index (χ2n) is 5.14. The predicted octanol–water partition coefficient (Wildman–Crippen LogP) is 1.78. The maximum atomic E-state index is 12.2. The van der Waals surface area contributed by atoms with Gasteiger partial charge in [0.15, 0.2) is 0 Å². The number of unbranched alkanes of at least 4 members (excludes halogenated alkanes) is 1. The summed E-state index contributed by atoms with van der Waals surface area (Å²) in [5.74, 6) is 0.826. The molecule has 0 radical (unpaired) electrons. The Hall–Kier alpha value is -0.570. The molecule has 1 saturated carbocycles. The van der Waals surface area contributed by atoms with Crippen molar-refractivity contribution >= 4 is 5.91 Å². The van der Waals surface area contributed by atoms with E-state index in [-0.39, 0.29) is 0 Å². The highest BCUT2D eigenvalue weighted by molar-refractivity contribution is 5.81. The number of carbonyl (C=O) groups excluding carboxylic acids is 1. The molecule has 2 rings (SSSR count). The number of hydrogen-bond acceptors (Lipinski definition) is 2. The summed E-state index contributed by atoms with van der Waals surface area (Å²) in [6.45, 7) is 5.33. The van der Waals surface area contributed by atoms with Gasteiger partial charge in [0.1, 0.15) is 0 Å². The highest BCUT2D eigenvalue weighted by Gasteiger charge is 2.36. The van der Waals surface area contributed by atoms with E-state index in [0.717, 1.165) is 51.7 Å². The topological polar surface area (TPSA) is 32.3 Å². The van der Waals surface area contributed by atoms with Crippen LogP contribution >= 0.6 is 0 Å². The van der Waals surface area contributed by atoms with Crippen LogP contribution in [0.1, 0.15) is 45.4 Å². The van der Waals surface area contributed by atoms with Gasteiger partial charge in [-0.1, -0.05) is 13.3 Å². The van der Waals surface area contributed by atoms with Crippen LogP contribution in [0.15, 0.2) is 0 Å². The van der Waals surface area contributed by atoms with Crippen LogP contribution in [0.4, 0.5) is 0 Å². The number of carbonyl (C=O) groups is 1. The molecule has 0 aromatic heterocycles. The minimum absolute atomic E-state index is 0.381. The summed E-state index contributed by atoms with van der Waals surface area (Å²) in [5.41, 5.74) is 0. The van der Waals surface area contributed by atoms with E-state index in [0.29, 0.717) is 17.9 Å². The third-order valence-corrected chi connectivity index (χ3v) is 3.71. The Morgan fingerprint density at radius 3 is 2.50 bits per heavy atom. The Morgan fingerprint density at radius 1 is 1.25 bits per heavy atom. The number of piperidine rings is 1. The van der Waals surface area contributed by atoms with Crippen LogP contribution < -0.4 is 5.32 Å². The number of hydrogen-bond donors (Lipinski definition) is 1. The molecule has 0 unspecified atom stereocenters. The van der Waals surface area contributed by atoms with Crippen LogP contribution in [0.2, 0.25) is 0 Å². The second kappa shape index (κ2) is 5.67. The molecule has 0 aromatic rings. The summed E-state index contributed by atoms with van der Waals surface area (Å²) in [7, 11) is 0. The zero-order valence-corrected chi connectivity index (χ0v) is 10.4. The minimum Gasteiger partial charge on any atom is -0.339 e. The van der Waals surface area contributed by atoms with Gasteiger partial charge >= 0.3 is 0 Å². The molecule has 1 N–H and O–H groups in total. The van der Waals surface area contributed by atoms with Crippen molar-refractivity contribution in [1.29, 1.82) is 0 Å². The number of amides is 1. The van der Waals surface area contributed by atoms with Crippen LogP contribution in [-0.4, -0.2) is 36.5 Å². The van der Waals surface area contributed by atoms with E-state index in [1.165, 1.54) is 6.42 Å². The summed E-state index contributed by atoms with van der Waals surface area (Å²) < 4.78 is 0. The largest absolute Gasteiger partial charge is 0.339 e. The monoisotopic (exact) mass is 224 g/mol. The molecule has 16 heavy (non-hydrogen) atoms. The van der Waals surface area contributed by atoms with E-state index >= 15 is 0 Å². The lowest BCUT2D eigenvalue weighted by Gasteiger charge is -2.35. The number of nitrogens with one attached hydrogen (secondary N) is 1. The summed E-state index contributed by atoms with van der Waals surface area (Å²) in [6, 6.07) is 0.515. The molecule has 2 fully saturated rings. The predicted molar refractivity (Wildman–Crippen MR) is 65.2 cm³/mol. The highest BCUT2D eigenvalue weighted by Crippen LogP contribution is 2.32. The average molecular weight is 224 g/mol. The summed E-state index contributed by atoms with van der Waals surface area (Å²) >= 11 is 0. The highest BCUT2D eigenvalue weighted by atomic mass is 16.2. The van der Waals surface area contributed by atoms with Crippen molar-refractivity contribution in [3.63, 3.8) is 0 Å². The Bertz CT molecular complexity index is 232. The molecule has 1 heterocycles. The second-order valence-corrected chi connectivity index (χ2v) is 5.14. The van der Waals surface area contributed by atoms with E-state index in [1.54, 1.807) is 0 Å². The van der Waals surface area contributed by atoms with Crippen molar-refractivity contribution in [1.82, 2.24) is 10.2 Å². The normalized spacial score (nSPS) is 22.1. The first-order valence-corrected chi connectivity index (χ1v) is 6.84. The van der Waals surface area contributed by atoms with Gasteiger partial charge in [-0.2, -0.15) is 0 Å². The molecule has 0 atom stereocenters. The SMILES string of the molecule is CCCCN(C(=O)C1CC1)C1CCNCC1. The van der Waals surface area contributed by atoms with Crippen LogP contribution in [0.3, 0.4) is 0 Å². The fraction of sp³-hybridized carbons (Fsp3) is 0.923. The molecule has 3 nitrogen and oxygen atoms in total. The van der Waals surface area contributed by atoms with E-state index in [9.17, 15) is 4.79 Å². The third kappa shape index (κ3) is 2.97. The first kappa shape index (κ1) is 11.9. The maximum Gasteiger partial charge on any atom is 0.225 e. The van der Waals surface area contributed by atoms with Crippen LogP contribution in [0.5, 0.6) is 0 Å². The van der Waals surface area contributed by atoms with Crippen molar-refractivity contribution in [2.45, 2.75) is 51.5 Å². The van der Waals surface area contributed by atoms with Crippen LogP contribution in [0.25, 0.3) is 0 Å². The number of rotatable bonds is 5. The van der Waals surface area contributed by atoms with Gasteiger partial charge in [0.25, 0.3) is 0 Å². The van der Waals surface area contributed by atoms with Crippen molar-refractivity contribution in [3.8, 4) is 0 Å². The standard InChI is InChI=1S/C13H24N2O/c1-2-3-10-15(13(16)11-4-5-11)12-6-8-14-9-7-12/h11-12,14H,2-10H2,1H3. The van der Waals surface area contributed by atoms with Crippen molar-refractivity contribution < 1.29 is 4.79 Å². The molecule has 0 spiro atoms. The van der Waals surface area contributed by atoms with E-state index < -0.39 is 0 Å². The molecule has 92 valence electrons. The van der Waals surface area contributed by atoms with Gasteiger partial charge < -0.3 is 10.2 Å². The Labute approximate surface area is 98.6 Å². The summed E-state index contributed by atoms with van der Waals surface area (Å²) in [4.78, 5) is 14.4. The van der Waals surface area contributed by atoms with Gasteiger partial charge in [0.2, 0.25) is 5.91 Å². The van der Waals surface area contributed by atoms with Gasteiger partial charge in [-0.05, 0) is 45.2 Å². The van der Waals surface area contributed by atoms with Gasteiger partial charge in [-0.15, -0.1) is 0 Å². The molecule has 3 heteroatoms. The van der Waals surface area contributed by atoms with Gasteiger partial charge in [-0.3, -0.25) is 4.79 Å². The molecule has 0 aromatic carbocycles. The lowest BCUT2D eigenvalue weighted by atomic mass is 10.0. The molecule has 1 amide bonds. The minimum atomic E-state index is 0.381. The molecule has 1 saturated heterocycles. The van der Waals surface area contributed by atoms with Gasteiger partial charge in [0, 0.05) is 18.5 Å². The first-order chi connectivity index (χ1) is 7.83. The molecular formula is C13H24N2O.